The summed E-state index contributed by atoms with van der Waals surface area (Å²) in [4.78, 5) is 0. The largest absolute Gasteiger partial charge is 0.458 e. The summed E-state index contributed by atoms with van der Waals surface area (Å²) in [5.41, 5.74) is 0. The zero-order valence-corrected chi connectivity index (χ0v) is 9.12. The summed E-state index contributed by atoms with van der Waals surface area (Å²) in [5, 5.41) is 3.99. The topological polar surface area (TPSA) is 31.0 Å². The van der Waals surface area contributed by atoms with Gasteiger partial charge in [0.2, 0.25) is 0 Å². The Hall–Kier alpha value is -1.17. The lowest BCUT2D eigenvalue weighted by Gasteiger charge is -1.97. The third kappa shape index (κ3) is 2.44. The Morgan fingerprint density at radius 2 is 2.27 bits per heavy atom. The van der Waals surface area contributed by atoms with Gasteiger partial charge in [-0.05, 0) is 28.1 Å². The van der Waals surface area contributed by atoms with E-state index in [0.29, 0.717) is 12.3 Å². The summed E-state index contributed by atoms with van der Waals surface area (Å²) >= 11 is 3.24. The van der Waals surface area contributed by atoms with E-state index in [-0.39, 0.29) is 5.76 Å². The van der Waals surface area contributed by atoms with E-state index >= 15 is 0 Å². The number of furan rings is 1. The number of hydrogen-bond acceptors (Lipinski definition) is 2. The summed E-state index contributed by atoms with van der Waals surface area (Å²) < 4.78 is 31.8. The minimum Gasteiger partial charge on any atom is -0.458 e. The van der Waals surface area contributed by atoms with Gasteiger partial charge in [0.05, 0.1) is 17.2 Å². The fourth-order valence-corrected chi connectivity index (χ4v) is 1.51. The van der Waals surface area contributed by atoms with Crippen molar-refractivity contribution in [3.63, 3.8) is 0 Å². The van der Waals surface area contributed by atoms with Crippen LogP contribution in [-0.4, -0.2) is 9.78 Å². The van der Waals surface area contributed by atoms with Crippen LogP contribution < -0.4 is 0 Å². The van der Waals surface area contributed by atoms with E-state index in [1.165, 1.54) is 12.1 Å². The lowest BCUT2D eigenvalue weighted by atomic mass is 10.4. The first-order valence-electron chi connectivity index (χ1n) is 4.20. The Bertz CT molecular complexity index is 452. The maximum absolute atomic E-state index is 12.2. The van der Waals surface area contributed by atoms with E-state index in [1.807, 2.05) is 0 Å². The van der Waals surface area contributed by atoms with Crippen LogP contribution in [0.5, 0.6) is 0 Å². The van der Waals surface area contributed by atoms with Crippen molar-refractivity contribution in [1.29, 1.82) is 0 Å². The normalized spacial score (nSPS) is 11.2. The summed E-state index contributed by atoms with van der Waals surface area (Å²) in [6.07, 6.45) is 0.796. The molecule has 0 unspecified atom stereocenters. The zero-order chi connectivity index (χ0) is 10.8. The van der Waals surface area contributed by atoms with Crippen LogP contribution in [0.2, 0.25) is 0 Å². The molecule has 15 heavy (non-hydrogen) atoms. The molecule has 0 amide bonds. The minimum atomic E-state index is -2.57. The molecule has 2 aromatic heterocycles. The molecule has 0 atom stereocenters. The van der Waals surface area contributed by atoms with Crippen molar-refractivity contribution in [2.75, 3.05) is 0 Å². The standard InChI is InChI=1S/C9H7BrF2N2O/c10-6-3-13-14(4-6)5-7-1-2-8(15-7)9(11)12/h1-4,9H,5H2. The summed E-state index contributed by atoms with van der Waals surface area (Å²) in [6, 6.07) is 2.80. The lowest BCUT2D eigenvalue weighted by Crippen LogP contribution is -1.98. The number of nitrogens with zero attached hydrogens (tertiary/aromatic N) is 2. The van der Waals surface area contributed by atoms with E-state index in [0.717, 1.165) is 4.47 Å². The maximum Gasteiger partial charge on any atom is 0.295 e. The van der Waals surface area contributed by atoms with Gasteiger partial charge < -0.3 is 4.42 Å². The van der Waals surface area contributed by atoms with Crippen LogP contribution in [0.4, 0.5) is 8.78 Å². The molecule has 0 saturated carbocycles. The van der Waals surface area contributed by atoms with Gasteiger partial charge in [-0.2, -0.15) is 5.10 Å². The highest BCUT2D eigenvalue weighted by Gasteiger charge is 2.12. The van der Waals surface area contributed by atoms with Crippen molar-refractivity contribution in [2.24, 2.45) is 0 Å². The smallest absolute Gasteiger partial charge is 0.295 e. The molecule has 0 aliphatic rings. The Balaban J connectivity index is 2.11. The molecule has 0 fully saturated rings. The van der Waals surface area contributed by atoms with Gasteiger partial charge in [-0.15, -0.1) is 0 Å². The number of aromatic nitrogens is 2. The summed E-state index contributed by atoms with van der Waals surface area (Å²) in [6.45, 7) is 0.346. The van der Waals surface area contributed by atoms with Gasteiger partial charge in [-0.1, -0.05) is 0 Å². The first kappa shape index (κ1) is 10.4. The van der Waals surface area contributed by atoms with Crippen LogP contribution in [0.15, 0.2) is 33.4 Å². The van der Waals surface area contributed by atoms with E-state index in [4.69, 9.17) is 4.42 Å². The molecule has 2 rings (SSSR count). The number of halogens is 3. The second-order valence-electron chi connectivity index (χ2n) is 2.96. The highest BCUT2D eigenvalue weighted by Crippen LogP contribution is 2.21. The third-order valence-electron chi connectivity index (χ3n) is 1.82. The number of rotatable bonds is 3. The molecule has 0 bridgehead atoms. The molecule has 80 valence electrons. The molecule has 0 N–H and O–H groups in total. The fourth-order valence-electron chi connectivity index (χ4n) is 1.18. The Morgan fingerprint density at radius 1 is 1.47 bits per heavy atom. The van der Waals surface area contributed by atoms with Gasteiger partial charge in [0.25, 0.3) is 6.43 Å². The number of hydrogen-bond donors (Lipinski definition) is 0. The van der Waals surface area contributed by atoms with Crippen LogP contribution in [-0.2, 0) is 6.54 Å². The molecule has 0 aliphatic carbocycles. The van der Waals surface area contributed by atoms with Gasteiger partial charge in [0.15, 0.2) is 5.76 Å². The van der Waals surface area contributed by atoms with E-state index < -0.39 is 6.43 Å². The monoisotopic (exact) mass is 276 g/mol. The predicted octanol–water partition coefficient (Wildman–Crippen LogP) is 3.22. The van der Waals surface area contributed by atoms with Gasteiger partial charge in [0.1, 0.15) is 5.76 Å². The van der Waals surface area contributed by atoms with Gasteiger partial charge in [0, 0.05) is 6.20 Å². The van der Waals surface area contributed by atoms with Crippen molar-refractivity contribution in [3.05, 3.63) is 40.5 Å². The quantitative estimate of drug-likeness (QED) is 0.862. The molecular formula is C9H7BrF2N2O. The second kappa shape index (κ2) is 4.14. The van der Waals surface area contributed by atoms with E-state index in [2.05, 4.69) is 21.0 Å². The van der Waals surface area contributed by atoms with E-state index in [1.54, 1.807) is 17.1 Å². The Labute approximate surface area is 92.8 Å². The molecule has 2 heterocycles. The van der Waals surface area contributed by atoms with Crippen molar-refractivity contribution >= 4 is 15.9 Å². The van der Waals surface area contributed by atoms with E-state index in [9.17, 15) is 8.78 Å². The average molecular weight is 277 g/mol. The van der Waals surface area contributed by atoms with Crippen LogP contribution in [0.25, 0.3) is 0 Å². The Morgan fingerprint density at radius 3 is 2.80 bits per heavy atom. The maximum atomic E-state index is 12.2. The summed E-state index contributed by atoms with van der Waals surface area (Å²) in [7, 11) is 0. The predicted molar refractivity (Wildman–Crippen MR) is 52.7 cm³/mol. The van der Waals surface area contributed by atoms with Crippen molar-refractivity contribution in [2.45, 2.75) is 13.0 Å². The molecule has 0 aromatic carbocycles. The molecule has 6 heteroatoms. The highest BCUT2D eigenvalue weighted by molar-refractivity contribution is 9.10. The highest BCUT2D eigenvalue weighted by atomic mass is 79.9. The third-order valence-corrected chi connectivity index (χ3v) is 2.23. The first-order chi connectivity index (χ1) is 7.15. The zero-order valence-electron chi connectivity index (χ0n) is 7.53. The molecule has 2 aromatic rings. The van der Waals surface area contributed by atoms with Crippen LogP contribution >= 0.6 is 15.9 Å². The molecule has 0 radical (unpaired) electrons. The SMILES string of the molecule is FC(F)c1ccc(Cn2cc(Br)cn2)o1. The molecular weight excluding hydrogens is 270 g/mol. The molecule has 0 aliphatic heterocycles. The van der Waals surface area contributed by atoms with Gasteiger partial charge in [-0.3, -0.25) is 4.68 Å². The van der Waals surface area contributed by atoms with Gasteiger partial charge in [-0.25, -0.2) is 8.78 Å². The number of alkyl halides is 2. The fraction of sp³-hybridized carbons (Fsp3) is 0.222. The second-order valence-corrected chi connectivity index (χ2v) is 3.88. The van der Waals surface area contributed by atoms with Crippen molar-refractivity contribution < 1.29 is 13.2 Å². The summed E-state index contributed by atoms with van der Waals surface area (Å²) in [5.74, 6) is 0.150. The van der Waals surface area contributed by atoms with Crippen LogP contribution in [0, 0.1) is 0 Å². The van der Waals surface area contributed by atoms with Gasteiger partial charge >= 0.3 is 0 Å². The average Bonchev–Trinajstić information content (AvgIpc) is 2.76. The Kier molecular flexibility index (Phi) is 2.86. The minimum absolute atomic E-state index is 0.309. The first-order valence-corrected chi connectivity index (χ1v) is 4.99. The van der Waals surface area contributed by atoms with Crippen molar-refractivity contribution in [3.8, 4) is 0 Å². The van der Waals surface area contributed by atoms with Crippen LogP contribution in [0.1, 0.15) is 17.9 Å². The van der Waals surface area contributed by atoms with Crippen LogP contribution in [0.3, 0.4) is 0 Å². The molecule has 0 spiro atoms. The lowest BCUT2D eigenvalue weighted by molar-refractivity contribution is 0.119. The molecule has 0 saturated heterocycles. The van der Waals surface area contributed by atoms with Crippen molar-refractivity contribution in [1.82, 2.24) is 9.78 Å². The molecule has 3 nitrogen and oxygen atoms in total.